The molecule has 0 spiro atoms. The molecule has 0 N–H and O–H groups in total. The van der Waals surface area contributed by atoms with Crippen LogP contribution in [0.15, 0.2) is 30.3 Å². The number of amides is 1. The Morgan fingerprint density at radius 1 is 1.07 bits per heavy atom. The number of benzene rings is 1. The average molecular weight is 413 g/mol. The van der Waals surface area contributed by atoms with E-state index in [1.165, 1.54) is 7.11 Å². The number of ketones is 1. The smallest absolute Gasteiger partial charge is 0.354 e. The quantitative estimate of drug-likeness (QED) is 0.482. The van der Waals surface area contributed by atoms with Gasteiger partial charge in [-0.15, -0.1) is 0 Å². The summed E-state index contributed by atoms with van der Waals surface area (Å²) in [5.74, 6) is -0.438. The summed E-state index contributed by atoms with van der Waals surface area (Å²) in [7, 11) is 3.06. The molecular weight excluding hydrogens is 380 g/mol. The van der Waals surface area contributed by atoms with Gasteiger partial charge in [0.25, 0.3) is 5.91 Å². The van der Waals surface area contributed by atoms with E-state index < -0.39 is 12.0 Å². The molecule has 2 aromatic rings. The molecule has 162 valence electrons. The molecule has 1 atom stereocenters. The Bertz CT molecular complexity index is 928. The van der Waals surface area contributed by atoms with Gasteiger partial charge in [-0.25, -0.2) is 4.79 Å². The number of methoxy groups -OCH3 is 1. The van der Waals surface area contributed by atoms with Gasteiger partial charge in [0.05, 0.1) is 13.2 Å². The minimum absolute atomic E-state index is 0.170. The van der Waals surface area contributed by atoms with Crippen LogP contribution >= 0.6 is 0 Å². The van der Waals surface area contributed by atoms with Crippen LogP contribution in [-0.4, -0.2) is 46.8 Å². The minimum atomic E-state index is -0.665. The van der Waals surface area contributed by atoms with Crippen LogP contribution in [0.25, 0.3) is 0 Å². The molecule has 6 nitrogen and oxygen atoms in total. The van der Waals surface area contributed by atoms with Gasteiger partial charge in [0.15, 0.2) is 5.78 Å². The second-order valence-corrected chi connectivity index (χ2v) is 8.07. The van der Waals surface area contributed by atoms with E-state index in [1.807, 2.05) is 18.2 Å². The van der Waals surface area contributed by atoms with Crippen LogP contribution in [0.5, 0.6) is 0 Å². The zero-order chi connectivity index (χ0) is 22.6. The van der Waals surface area contributed by atoms with Crippen LogP contribution < -0.4 is 0 Å². The number of hydrogen-bond acceptors (Lipinski definition) is 4. The van der Waals surface area contributed by atoms with Crippen molar-refractivity contribution in [2.24, 2.45) is 13.0 Å². The van der Waals surface area contributed by atoms with Gasteiger partial charge in [-0.3, -0.25) is 9.59 Å². The highest BCUT2D eigenvalue weighted by molar-refractivity contribution is 6.07. The number of Topliss-reactive ketones (excluding diaryl/α,β-unsaturated/α-hetero) is 1. The number of carbonyl (C=O) groups is 3. The zero-order valence-electron chi connectivity index (χ0n) is 19.0. The first kappa shape index (κ1) is 23.4. The molecule has 1 aromatic carbocycles. The Labute approximate surface area is 178 Å². The lowest BCUT2D eigenvalue weighted by atomic mass is 9.98. The van der Waals surface area contributed by atoms with Gasteiger partial charge < -0.3 is 14.2 Å². The summed E-state index contributed by atoms with van der Waals surface area (Å²) in [4.78, 5) is 40.6. The third kappa shape index (κ3) is 4.64. The lowest BCUT2D eigenvalue weighted by molar-refractivity contribution is 0.0587. The SMILES string of the molecule is COC(=O)c1c(C)c(C(=O)C(C)N(CCC(C)C)C(=O)c2ccccc2)c(C)n1C. The second kappa shape index (κ2) is 9.74. The van der Waals surface area contributed by atoms with Crippen LogP contribution in [0, 0.1) is 19.8 Å². The third-order valence-corrected chi connectivity index (χ3v) is 5.63. The van der Waals surface area contributed by atoms with E-state index >= 15 is 0 Å². The van der Waals surface area contributed by atoms with Crippen molar-refractivity contribution in [3.05, 3.63) is 58.4 Å². The zero-order valence-corrected chi connectivity index (χ0v) is 19.0. The number of aromatic nitrogens is 1. The van der Waals surface area contributed by atoms with Crippen LogP contribution in [-0.2, 0) is 11.8 Å². The van der Waals surface area contributed by atoms with Crippen LogP contribution in [0.1, 0.15) is 69.7 Å². The van der Waals surface area contributed by atoms with Crippen LogP contribution in [0.3, 0.4) is 0 Å². The predicted octanol–water partition coefficient (Wildman–Crippen LogP) is 4.19. The van der Waals surface area contributed by atoms with Gasteiger partial charge in [-0.05, 0) is 50.8 Å². The number of ether oxygens (including phenoxy) is 1. The van der Waals surface area contributed by atoms with Crippen molar-refractivity contribution in [3.8, 4) is 0 Å². The molecular formula is C24H32N2O4. The molecule has 30 heavy (non-hydrogen) atoms. The van der Waals surface area contributed by atoms with E-state index in [1.54, 1.807) is 49.4 Å². The first-order valence-corrected chi connectivity index (χ1v) is 10.3. The summed E-state index contributed by atoms with van der Waals surface area (Å²) >= 11 is 0. The molecule has 1 heterocycles. The number of carbonyl (C=O) groups excluding carboxylic acids is 3. The number of esters is 1. The topological polar surface area (TPSA) is 68.6 Å². The van der Waals surface area contributed by atoms with E-state index in [-0.39, 0.29) is 11.7 Å². The normalized spacial score (nSPS) is 12.0. The molecule has 2 rings (SSSR count). The fraction of sp³-hybridized carbons (Fsp3) is 0.458. The number of rotatable bonds is 8. The summed E-state index contributed by atoms with van der Waals surface area (Å²) in [5.41, 5.74) is 2.64. The van der Waals surface area contributed by atoms with Gasteiger partial charge in [-0.1, -0.05) is 32.0 Å². The van der Waals surface area contributed by atoms with Crippen molar-refractivity contribution in [2.75, 3.05) is 13.7 Å². The fourth-order valence-electron chi connectivity index (χ4n) is 3.69. The minimum Gasteiger partial charge on any atom is -0.464 e. The fourth-order valence-corrected chi connectivity index (χ4v) is 3.69. The lowest BCUT2D eigenvalue weighted by Gasteiger charge is -2.29. The molecule has 0 bridgehead atoms. The van der Waals surface area contributed by atoms with Crippen LogP contribution in [0.2, 0.25) is 0 Å². The molecule has 1 amide bonds. The average Bonchev–Trinajstić information content (AvgIpc) is 2.95. The molecule has 6 heteroatoms. The van der Waals surface area contributed by atoms with Crippen LogP contribution in [0.4, 0.5) is 0 Å². The molecule has 0 saturated heterocycles. The van der Waals surface area contributed by atoms with Gasteiger partial charge in [-0.2, -0.15) is 0 Å². The van der Waals surface area contributed by atoms with E-state index in [9.17, 15) is 14.4 Å². The maximum absolute atomic E-state index is 13.5. The highest BCUT2D eigenvalue weighted by Crippen LogP contribution is 2.25. The van der Waals surface area contributed by atoms with Gasteiger partial charge in [0.1, 0.15) is 5.69 Å². The Morgan fingerprint density at radius 3 is 2.20 bits per heavy atom. The first-order chi connectivity index (χ1) is 14.1. The summed E-state index contributed by atoms with van der Waals surface area (Å²) in [6.45, 7) is 9.96. The van der Waals surface area contributed by atoms with Crippen molar-refractivity contribution in [3.63, 3.8) is 0 Å². The lowest BCUT2D eigenvalue weighted by Crippen LogP contribution is -2.44. The third-order valence-electron chi connectivity index (χ3n) is 5.63. The molecule has 0 fully saturated rings. The highest BCUT2D eigenvalue weighted by atomic mass is 16.5. The predicted molar refractivity (Wildman–Crippen MR) is 117 cm³/mol. The summed E-state index contributed by atoms with van der Waals surface area (Å²) in [6, 6.07) is 8.34. The standard InChI is InChI=1S/C24H32N2O4/c1-15(2)13-14-26(23(28)19-11-9-8-10-12-19)18(5)22(27)20-16(3)21(24(29)30-7)25(6)17(20)4/h8-12,15,18H,13-14H2,1-7H3. The largest absolute Gasteiger partial charge is 0.464 e. The Morgan fingerprint density at radius 2 is 1.67 bits per heavy atom. The van der Waals surface area contributed by atoms with Crippen molar-refractivity contribution in [1.29, 1.82) is 0 Å². The molecule has 0 radical (unpaired) electrons. The van der Waals surface area contributed by atoms with Crippen molar-refractivity contribution in [2.45, 2.75) is 47.1 Å². The maximum Gasteiger partial charge on any atom is 0.354 e. The van der Waals surface area contributed by atoms with E-state index in [4.69, 9.17) is 4.74 Å². The molecule has 1 aromatic heterocycles. The summed E-state index contributed by atoms with van der Waals surface area (Å²) < 4.78 is 6.56. The molecule has 0 saturated carbocycles. The van der Waals surface area contributed by atoms with Gasteiger partial charge >= 0.3 is 5.97 Å². The van der Waals surface area contributed by atoms with E-state index in [0.717, 1.165) is 6.42 Å². The molecule has 1 unspecified atom stereocenters. The Kier molecular flexibility index (Phi) is 7.59. The first-order valence-electron chi connectivity index (χ1n) is 10.3. The maximum atomic E-state index is 13.5. The molecule has 0 aliphatic carbocycles. The second-order valence-electron chi connectivity index (χ2n) is 8.07. The summed E-state index contributed by atoms with van der Waals surface area (Å²) in [6.07, 6.45) is 0.788. The Balaban J connectivity index is 2.45. The molecule has 0 aliphatic heterocycles. The number of hydrogen-bond donors (Lipinski definition) is 0. The number of nitrogens with zero attached hydrogens (tertiary/aromatic N) is 2. The van der Waals surface area contributed by atoms with E-state index in [0.29, 0.717) is 40.5 Å². The van der Waals surface area contributed by atoms with Crippen molar-refractivity contribution >= 4 is 17.7 Å². The highest BCUT2D eigenvalue weighted by Gasteiger charge is 2.32. The summed E-state index contributed by atoms with van der Waals surface area (Å²) in [5, 5.41) is 0. The van der Waals surface area contributed by atoms with Crippen molar-refractivity contribution < 1.29 is 19.1 Å². The van der Waals surface area contributed by atoms with Crippen molar-refractivity contribution in [1.82, 2.24) is 9.47 Å². The molecule has 0 aliphatic rings. The van der Waals surface area contributed by atoms with Gasteiger partial charge in [0, 0.05) is 30.4 Å². The van der Waals surface area contributed by atoms with E-state index in [2.05, 4.69) is 13.8 Å². The monoisotopic (exact) mass is 412 g/mol. The van der Waals surface area contributed by atoms with Gasteiger partial charge in [0.2, 0.25) is 0 Å². The Hall–Kier alpha value is -2.89.